The zero-order valence-corrected chi connectivity index (χ0v) is 12.4. The predicted molar refractivity (Wildman–Crippen MR) is 76.6 cm³/mol. The van der Waals surface area contributed by atoms with E-state index < -0.39 is 11.5 Å². The summed E-state index contributed by atoms with van der Waals surface area (Å²) in [5.74, 6) is -0.0975. The molecule has 5 heteroatoms. The number of hydrogen-bond acceptors (Lipinski definition) is 2. The van der Waals surface area contributed by atoms with Crippen molar-refractivity contribution in [2.75, 3.05) is 13.1 Å². The maximum absolute atomic E-state index is 12.3. The van der Waals surface area contributed by atoms with E-state index in [1.807, 2.05) is 6.92 Å². The second kappa shape index (κ2) is 6.46. The highest BCUT2D eigenvalue weighted by Gasteiger charge is 2.49. The smallest absolute Gasteiger partial charge is 0.329 e. The normalized spacial score (nSPS) is 26.4. The van der Waals surface area contributed by atoms with Gasteiger partial charge in [0.2, 0.25) is 0 Å². The van der Waals surface area contributed by atoms with Gasteiger partial charge in [0.1, 0.15) is 5.54 Å². The Kier molecular flexibility index (Phi) is 4.89. The molecular formula is C15H26N2O3. The van der Waals surface area contributed by atoms with E-state index in [1.165, 1.54) is 19.3 Å². The van der Waals surface area contributed by atoms with Gasteiger partial charge in [-0.1, -0.05) is 32.6 Å². The van der Waals surface area contributed by atoms with Crippen LogP contribution < -0.4 is 5.32 Å². The first kappa shape index (κ1) is 15.1. The number of carboxylic acid groups (broad SMARTS) is 1. The number of nitrogens with zero attached hydrogens (tertiary/aromatic N) is 1. The Hall–Kier alpha value is -1.26. The van der Waals surface area contributed by atoms with Crippen LogP contribution in [0.25, 0.3) is 0 Å². The van der Waals surface area contributed by atoms with Crippen LogP contribution in [0.4, 0.5) is 4.79 Å². The zero-order chi connectivity index (χ0) is 14.6. The minimum Gasteiger partial charge on any atom is -0.479 e. The second-order valence-corrected chi connectivity index (χ2v) is 6.16. The summed E-state index contributed by atoms with van der Waals surface area (Å²) in [6.45, 7) is 3.19. The third-order valence-electron chi connectivity index (χ3n) is 4.85. The maximum atomic E-state index is 12.3. The van der Waals surface area contributed by atoms with Gasteiger partial charge in [0.25, 0.3) is 0 Å². The van der Waals surface area contributed by atoms with Crippen molar-refractivity contribution in [3.63, 3.8) is 0 Å². The number of aliphatic carboxylic acids is 1. The van der Waals surface area contributed by atoms with Crippen molar-refractivity contribution >= 4 is 12.0 Å². The van der Waals surface area contributed by atoms with E-state index in [4.69, 9.17) is 0 Å². The molecular weight excluding hydrogens is 256 g/mol. The second-order valence-electron chi connectivity index (χ2n) is 6.16. The van der Waals surface area contributed by atoms with Gasteiger partial charge in [0.05, 0.1) is 0 Å². The molecule has 1 atom stereocenters. The van der Waals surface area contributed by atoms with Crippen LogP contribution in [0, 0.1) is 5.92 Å². The number of hydrogen-bond donors (Lipinski definition) is 2. The Labute approximate surface area is 120 Å². The Morgan fingerprint density at radius 2 is 2.10 bits per heavy atom. The number of rotatable bonds is 6. The molecule has 0 aromatic carbocycles. The summed E-state index contributed by atoms with van der Waals surface area (Å²) in [6.07, 6.45) is 7.55. The molecule has 2 fully saturated rings. The van der Waals surface area contributed by atoms with E-state index in [9.17, 15) is 14.7 Å². The Morgan fingerprint density at radius 3 is 2.65 bits per heavy atom. The molecule has 2 rings (SSSR count). The summed E-state index contributed by atoms with van der Waals surface area (Å²) in [5, 5.41) is 12.5. The first-order valence-electron chi connectivity index (χ1n) is 7.89. The topological polar surface area (TPSA) is 69.6 Å². The summed E-state index contributed by atoms with van der Waals surface area (Å²) in [5.41, 5.74) is -0.977. The molecule has 1 saturated carbocycles. The highest BCUT2D eigenvalue weighted by molar-refractivity contribution is 5.87. The molecule has 0 aromatic rings. The lowest BCUT2D eigenvalue weighted by molar-refractivity contribution is -0.148. The molecule has 20 heavy (non-hydrogen) atoms. The van der Waals surface area contributed by atoms with Crippen LogP contribution in [-0.4, -0.2) is 40.6 Å². The Bertz CT molecular complexity index is 368. The predicted octanol–water partition coefficient (Wildman–Crippen LogP) is 2.61. The fourth-order valence-electron chi connectivity index (χ4n) is 3.44. The molecule has 1 heterocycles. The van der Waals surface area contributed by atoms with Crippen LogP contribution in [0.15, 0.2) is 0 Å². The van der Waals surface area contributed by atoms with Crippen LogP contribution >= 0.6 is 0 Å². The maximum Gasteiger partial charge on any atom is 0.329 e. The lowest BCUT2D eigenvalue weighted by atomic mass is 9.83. The van der Waals surface area contributed by atoms with Crippen LogP contribution in [0.5, 0.6) is 0 Å². The van der Waals surface area contributed by atoms with Gasteiger partial charge >= 0.3 is 12.0 Å². The molecule has 5 nitrogen and oxygen atoms in total. The highest BCUT2D eigenvalue weighted by Crippen LogP contribution is 2.34. The van der Waals surface area contributed by atoms with Crippen molar-refractivity contribution < 1.29 is 14.7 Å². The molecule has 1 aliphatic heterocycles. The monoisotopic (exact) mass is 282 g/mol. The van der Waals surface area contributed by atoms with E-state index in [0.29, 0.717) is 25.9 Å². The van der Waals surface area contributed by atoms with Gasteiger partial charge in [0.15, 0.2) is 0 Å². The highest BCUT2D eigenvalue weighted by atomic mass is 16.4. The fourth-order valence-corrected chi connectivity index (χ4v) is 3.44. The molecule has 1 saturated heterocycles. The van der Waals surface area contributed by atoms with E-state index in [1.54, 1.807) is 4.90 Å². The fraction of sp³-hybridized carbons (Fsp3) is 0.867. The van der Waals surface area contributed by atoms with Crippen molar-refractivity contribution in [2.45, 2.75) is 63.8 Å². The lowest BCUT2D eigenvalue weighted by Crippen LogP contribution is -2.56. The SMILES string of the molecule is CCCC1(C(=O)O)CCCN1C(=O)NCCC1CCC1. The number of carbonyl (C=O) groups excluding carboxylic acids is 1. The van der Waals surface area contributed by atoms with E-state index in [-0.39, 0.29) is 6.03 Å². The number of nitrogens with one attached hydrogen (secondary N) is 1. The molecule has 2 aliphatic rings. The van der Waals surface area contributed by atoms with Gasteiger partial charge in [-0.25, -0.2) is 9.59 Å². The van der Waals surface area contributed by atoms with Gasteiger partial charge in [-0.15, -0.1) is 0 Å². The summed E-state index contributed by atoms with van der Waals surface area (Å²) in [7, 11) is 0. The van der Waals surface area contributed by atoms with Gasteiger partial charge in [-0.05, 0) is 31.6 Å². The Balaban J connectivity index is 1.90. The number of likely N-dealkylation sites (tertiary alicyclic amines) is 1. The molecule has 2 N–H and O–H groups in total. The molecule has 0 radical (unpaired) electrons. The van der Waals surface area contributed by atoms with Crippen molar-refractivity contribution in [3.8, 4) is 0 Å². The van der Waals surface area contributed by atoms with E-state index in [2.05, 4.69) is 5.32 Å². The molecule has 0 spiro atoms. The third-order valence-corrected chi connectivity index (χ3v) is 4.85. The standard InChI is InChI=1S/C15H26N2O3/c1-2-8-15(13(18)19)9-4-11-17(15)14(20)16-10-7-12-5-3-6-12/h12H,2-11H2,1H3,(H,16,20)(H,18,19). The molecule has 1 aliphatic carbocycles. The quantitative estimate of drug-likeness (QED) is 0.786. The Morgan fingerprint density at radius 1 is 1.35 bits per heavy atom. The van der Waals surface area contributed by atoms with E-state index in [0.717, 1.165) is 25.2 Å². The van der Waals surface area contributed by atoms with E-state index >= 15 is 0 Å². The van der Waals surface area contributed by atoms with Crippen LogP contribution in [-0.2, 0) is 4.79 Å². The van der Waals surface area contributed by atoms with Crippen LogP contribution in [0.1, 0.15) is 58.3 Å². The number of carbonyl (C=O) groups is 2. The van der Waals surface area contributed by atoms with Crippen molar-refractivity contribution in [1.82, 2.24) is 10.2 Å². The average molecular weight is 282 g/mol. The minimum absolute atomic E-state index is 0.197. The van der Waals surface area contributed by atoms with Crippen LogP contribution in [0.2, 0.25) is 0 Å². The first-order chi connectivity index (χ1) is 9.60. The zero-order valence-electron chi connectivity index (χ0n) is 12.4. The first-order valence-corrected chi connectivity index (χ1v) is 7.89. The number of urea groups is 1. The molecule has 2 amide bonds. The van der Waals surface area contributed by atoms with Gasteiger partial charge < -0.3 is 15.3 Å². The molecule has 1 unspecified atom stereocenters. The lowest BCUT2D eigenvalue weighted by Gasteiger charge is -2.35. The summed E-state index contributed by atoms with van der Waals surface area (Å²) in [4.78, 5) is 25.5. The molecule has 114 valence electrons. The van der Waals surface area contributed by atoms with Gasteiger partial charge in [-0.2, -0.15) is 0 Å². The van der Waals surface area contributed by atoms with Crippen molar-refractivity contribution in [1.29, 1.82) is 0 Å². The van der Waals surface area contributed by atoms with Gasteiger partial charge in [-0.3, -0.25) is 0 Å². The summed E-state index contributed by atoms with van der Waals surface area (Å²) < 4.78 is 0. The van der Waals surface area contributed by atoms with Crippen LogP contribution in [0.3, 0.4) is 0 Å². The molecule has 0 bridgehead atoms. The summed E-state index contributed by atoms with van der Waals surface area (Å²) in [6, 6.07) is -0.197. The summed E-state index contributed by atoms with van der Waals surface area (Å²) >= 11 is 0. The molecule has 0 aromatic heterocycles. The largest absolute Gasteiger partial charge is 0.479 e. The minimum atomic E-state index is -0.977. The average Bonchev–Trinajstić information content (AvgIpc) is 2.77. The van der Waals surface area contributed by atoms with Crippen molar-refractivity contribution in [2.24, 2.45) is 5.92 Å². The van der Waals surface area contributed by atoms with Crippen molar-refractivity contribution in [3.05, 3.63) is 0 Å². The number of amides is 2. The van der Waals surface area contributed by atoms with Gasteiger partial charge in [0, 0.05) is 13.1 Å². The number of carboxylic acids is 1. The third kappa shape index (κ3) is 2.91.